The molecule has 1 atom stereocenters. The summed E-state index contributed by atoms with van der Waals surface area (Å²) in [5, 5.41) is 0. The number of nitrogens with zero attached hydrogens (tertiary/aromatic N) is 4. The number of aromatic nitrogens is 2. The van der Waals surface area contributed by atoms with Crippen molar-refractivity contribution >= 4 is 63.6 Å². The van der Waals surface area contributed by atoms with E-state index >= 15 is 0 Å². The highest BCUT2D eigenvalue weighted by Crippen LogP contribution is 2.32. The Balaban J connectivity index is 0.000000599. The number of halogens is 1. The maximum Gasteiger partial charge on any atom is 0.424 e. The Morgan fingerprint density at radius 1 is 0.644 bits per heavy atom. The predicted octanol–water partition coefficient (Wildman–Crippen LogP) is 9.81. The molecule has 2 heterocycles. The molecule has 0 spiro atoms. The van der Waals surface area contributed by atoms with Gasteiger partial charge in [-0.2, -0.15) is 9.80 Å². The van der Waals surface area contributed by atoms with Crippen LogP contribution >= 0.6 is 15.9 Å². The van der Waals surface area contributed by atoms with Crippen molar-refractivity contribution in [1.29, 1.82) is 0 Å². The Morgan fingerprint density at radius 2 is 0.966 bits per heavy atom. The van der Waals surface area contributed by atoms with Crippen LogP contribution in [0.2, 0.25) is 0 Å². The van der Waals surface area contributed by atoms with Gasteiger partial charge in [-0.05, 0) is 137 Å². The van der Waals surface area contributed by atoms with Gasteiger partial charge < -0.3 is 33.2 Å². The number of rotatable bonds is 8. The number of carbonyl (C=O) groups excluding carboxylic acids is 6. The number of methoxy groups -OCH3 is 2. The van der Waals surface area contributed by atoms with E-state index in [1.54, 1.807) is 103 Å². The van der Waals surface area contributed by atoms with E-state index in [2.05, 4.69) is 32.5 Å². The van der Waals surface area contributed by atoms with Crippen molar-refractivity contribution in [2.45, 2.75) is 139 Å². The van der Waals surface area contributed by atoms with Crippen LogP contribution in [0.5, 0.6) is 5.88 Å². The Morgan fingerprint density at radius 3 is 1.27 bits per heavy atom. The summed E-state index contributed by atoms with van der Waals surface area (Å²) in [5.41, 5.74) is -3.24. The molecule has 2 rings (SSSR count). The summed E-state index contributed by atoms with van der Waals surface area (Å²) >= 11 is 3.23. The lowest BCUT2D eigenvalue weighted by Gasteiger charge is -2.29. The normalized spacial score (nSPS) is 12.0. The fraction of sp³-hybridized carbons (Fsp3) is 0.561. The highest BCUT2D eigenvalue weighted by Gasteiger charge is 2.38. The van der Waals surface area contributed by atoms with E-state index in [1.807, 2.05) is 6.92 Å². The highest BCUT2D eigenvalue weighted by molar-refractivity contribution is 9.10. The third-order valence-electron chi connectivity index (χ3n) is 6.63. The molecular formula is C41H59BrN4O13. The number of pyridine rings is 2. The molecule has 0 aromatic carbocycles. The van der Waals surface area contributed by atoms with Gasteiger partial charge in [0, 0.05) is 12.0 Å². The Kier molecular flexibility index (Phi) is 18.1. The SMILES string of the molecule is C=CC[C@@H](C)Oc1nc(C(=O)OC)c(N(C(=O)OC(C)(C)C)C(=O)OC(C)(C)C)cc1C.COC(=O)c1nc(Br)c(C)cc1N(C(=O)OC(C)(C)C)C(=O)OC(C)(C)C. The topological polar surface area (TPSA) is 199 Å². The Labute approximate surface area is 355 Å². The van der Waals surface area contributed by atoms with Gasteiger partial charge in [-0.15, -0.1) is 6.58 Å². The lowest BCUT2D eigenvalue weighted by molar-refractivity contribution is 0.0406. The number of hydrogen-bond donors (Lipinski definition) is 0. The predicted molar refractivity (Wildman–Crippen MR) is 223 cm³/mol. The molecule has 0 saturated carbocycles. The van der Waals surface area contributed by atoms with Crippen LogP contribution in [0.25, 0.3) is 0 Å². The van der Waals surface area contributed by atoms with Crippen molar-refractivity contribution in [2.75, 3.05) is 24.0 Å². The molecule has 0 aliphatic heterocycles. The smallest absolute Gasteiger partial charge is 0.424 e. The summed E-state index contributed by atoms with van der Waals surface area (Å²) in [6, 6.07) is 2.89. The molecule has 18 heteroatoms. The number of esters is 2. The molecule has 59 heavy (non-hydrogen) atoms. The van der Waals surface area contributed by atoms with E-state index in [0.29, 0.717) is 32.0 Å². The summed E-state index contributed by atoms with van der Waals surface area (Å²) in [6.45, 7) is 28.7. The third kappa shape index (κ3) is 16.9. The van der Waals surface area contributed by atoms with E-state index in [9.17, 15) is 28.8 Å². The first kappa shape index (κ1) is 51.8. The van der Waals surface area contributed by atoms with Crippen LogP contribution in [0, 0.1) is 13.8 Å². The lowest BCUT2D eigenvalue weighted by Crippen LogP contribution is -2.44. The molecule has 0 aliphatic carbocycles. The van der Waals surface area contributed by atoms with Crippen LogP contribution in [-0.2, 0) is 28.4 Å². The Hall–Kier alpha value is -5.26. The quantitative estimate of drug-likeness (QED) is 0.105. The summed E-state index contributed by atoms with van der Waals surface area (Å²) in [5.74, 6) is -1.52. The van der Waals surface area contributed by atoms with Gasteiger partial charge in [-0.3, -0.25) is 0 Å². The molecule has 17 nitrogen and oxygen atoms in total. The molecule has 0 aliphatic rings. The van der Waals surface area contributed by atoms with Crippen molar-refractivity contribution in [3.8, 4) is 5.88 Å². The van der Waals surface area contributed by atoms with Crippen molar-refractivity contribution < 1.29 is 61.9 Å². The number of carbonyl (C=O) groups is 6. The fourth-order valence-electron chi connectivity index (χ4n) is 4.36. The number of amides is 4. The molecule has 0 unspecified atom stereocenters. The summed E-state index contributed by atoms with van der Waals surface area (Å²) in [6.07, 6.45) is -2.04. The fourth-order valence-corrected chi connectivity index (χ4v) is 4.65. The molecule has 0 N–H and O–H groups in total. The van der Waals surface area contributed by atoms with Crippen molar-refractivity contribution in [3.05, 3.63) is 51.9 Å². The van der Waals surface area contributed by atoms with Crippen LogP contribution in [0.3, 0.4) is 0 Å². The molecule has 2 aromatic rings. The average Bonchev–Trinajstić information content (AvgIpc) is 3.04. The zero-order chi connectivity index (χ0) is 46.0. The Bertz CT molecular complexity index is 1830. The maximum absolute atomic E-state index is 13.0. The molecule has 2 aromatic heterocycles. The second-order valence-corrected chi connectivity index (χ2v) is 17.7. The van der Waals surface area contributed by atoms with Gasteiger partial charge in [0.25, 0.3) is 0 Å². The van der Waals surface area contributed by atoms with E-state index in [1.165, 1.54) is 26.4 Å². The standard InChI is InChI=1S/C23H34N2O7.C18H25BrN2O6/c1-11-12-15(3)30-18-14(2)13-16(17(24-18)19(26)29-10)25(20(27)31-22(4,5)6)21(28)32-23(7,8)9;1-10-9-11(12(14(22)25-8)20-13(10)19)21(15(23)26-17(2,3)4)16(24)27-18(5,6)7/h11,13,15H,1,12H2,2-10H3;9H,1-8H3/t15-;/m1./s1. The molecule has 0 bridgehead atoms. The van der Waals surface area contributed by atoms with Gasteiger partial charge in [-0.25, -0.2) is 38.7 Å². The lowest BCUT2D eigenvalue weighted by atomic mass is 10.2. The van der Waals surface area contributed by atoms with Gasteiger partial charge in [-0.1, -0.05) is 6.08 Å². The van der Waals surface area contributed by atoms with Gasteiger partial charge >= 0.3 is 36.3 Å². The second kappa shape index (κ2) is 20.6. The summed E-state index contributed by atoms with van der Waals surface area (Å²) in [4.78, 5) is 85.9. The van der Waals surface area contributed by atoms with Gasteiger partial charge in [0.2, 0.25) is 5.88 Å². The highest BCUT2D eigenvalue weighted by atomic mass is 79.9. The van der Waals surface area contributed by atoms with Crippen LogP contribution in [0.1, 0.15) is 129 Å². The second-order valence-electron chi connectivity index (χ2n) is 17.0. The van der Waals surface area contributed by atoms with Crippen LogP contribution in [0.15, 0.2) is 29.4 Å². The molecular weight excluding hydrogens is 836 g/mol. The first-order chi connectivity index (χ1) is 26.7. The van der Waals surface area contributed by atoms with Crippen molar-refractivity contribution in [2.24, 2.45) is 0 Å². The zero-order valence-corrected chi connectivity index (χ0v) is 38.8. The van der Waals surface area contributed by atoms with Gasteiger partial charge in [0.1, 0.15) is 33.1 Å². The number of aryl methyl sites for hydroxylation is 2. The first-order valence-electron chi connectivity index (χ1n) is 18.4. The van der Waals surface area contributed by atoms with E-state index in [0.717, 1.165) is 0 Å². The molecule has 0 saturated heterocycles. The minimum absolute atomic E-state index is 0.0916. The van der Waals surface area contributed by atoms with Crippen LogP contribution in [0.4, 0.5) is 30.6 Å². The number of hydrogen-bond acceptors (Lipinski definition) is 15. The van der Waals surface area contributed by atoms with E-state index < -0.39 is 58.7 Å². The third-order valence-corrected chi connectivity index (χ3v) is 7.44. The van der Waals surface area contributed by atoms with Gasteiger partial charge in [0.15, 0.2) is 11.4 Å². The molecule has 0 fully saturated rings. The first-order valence-corrected chi connectivity index (χ1v) is 19.2. The number of ether oxygens (including phenoxy) is 7. The number of anilines is 2. The average molecular weight is 896 g/mol. The van der Waals surface area contributed by atoms with E-state index in [4.69, 9.17) is 33.2 Å². The minimum Gasteiger partial charge on any atom is -0.474 e. The minimum atomic E-state index is -1.02. The maximum atomic E-state index is 13.0. The summed E-state index contributed by atoms with van der Waals surface area (Å²) in [7, 11) is 2.34. The summed E-state index contributed by atoms with van der Waals surface area (Å²) < 4.78 is 37.2. The largest absolute Gasteiger partial charge is 0.474 e. The van der Waals surface area contributed by atoms with Crippen molar-refractivity contribution in [3.63, 3.8) is 0 Å². The molecule has 4 amide bonds. The zero-order valence-electron chi connectivity index (χ0n) is 37.2. The molecule has 328 valence electrons. The molecule has 0 radical (unpaired) electrons. The van der Waals surface area contributed by atoms with E-state index in [-0.39, 0.29) is 34.7 Å². The van der Waals surface area contributed by atoms with Crippen LogP contribution in [-0.4, -0.2) is 89.0 Å². The van der Waals surface area contributed by atoms with Crippen LogP contribution < -0.4 is 14.5 Å². The monoisotopic (exact) mass is 894 g/mol. The number of imide groups is 2. The van der Waals surface area contributed by atoms with Crippen molar-refractivity contribution in [1.82, 2.24) is 9.97 Å². The van der Waals surface area contributed by atoms with Gasteiger partial charge in [0.05, 0.1) is 25.6 Å².